The van der Waals surface area contributed by atoms with Crippen molar-refractivity contribution in [1.29, 1.82) is 0 Å². The minimum absolute atomic E-state index is 0.0499. The van der Waals surface area contributed by atoms with Crippen LogP contribution in [0.15, 0.2) is 0 Å². The highest BCUT2D eigenvalue weighted by molar-refractivity contribution is 5.78. The van der Waals surface area contributed by atoms with Gasteiger partial charge >= 0.3 is 0 Å². The second-order valence-electron chi connectivity index (χ2n) is 6.00. The molecule has 1 unspecified atom stereocenters. The Bertz CT molecular complexity index is 273. The lowest BCUT2D eigenvalue weighted by Gasteiger charge is -2.28. The zero-order chi connectivity index (χ0) is 14.3. The average Bonchev–Trinajstić information content (AvgIpc) is 2.27. The second-order valence-corrected chi connectivity index (χ2v) is 6.00. The van der Waals surface area contributed by atoms with Crippen molar-refractivity contribution in [1.82, 2.24) is 15.5 Å². The van der Waals surface area contributed by atoms with Gasteiger partial charge < -0.3 is 20.5 Å². The van der Waals surface area contributed by atoms with Crippen molar-refractivity contribution in [3.63, 3.8) is 0 Å². The Morgan fingerprint density at radius 2 is 2.00 bits per heavy atom. The predicted molar refractivity (Wildman–Crippen MR) is 74.0 cm³/mol. The maximum atomic E-state index is 11.5. The van der Waals surface area contributed by atoms with E-state index in [1.165, 1.54) is 0 Å². The van der Waals surface area contributed by atoms with Crippen LogP contribution in [0.5, 0.6) is 0 Å². The molecule has 0 bridgehead atoms. The average molecular weight is 273 g/mol. The third-order valence-electron chi connectivity index (χ3n) is 2.75. The van der Waals surface area contributed by atoms with Crippen molar-refractivity contribution in [3.8, 4) is 0 Å². The van der Waals surface area contributed by atoms with Crippen LogP contribution in [-0.2, 0) is 9.53 Å². The van der Waals surface area contributed by atoms with Crippen LogP contribution in [0, 0.1) is 0 Å². The van der Waals surface area contributed by atoms with Crippen molar-refractivity contribution >= 4 is 5.91 Å². The summed E-state index contributed by atoms with van der Waals surface area (Å²) in [5.74, 6) is -0.0499. The fourth-order valence-corrected chi connectivity index (χ4v) is 1.96. The summed E-state index contributed by atoms with van der Waals surface area (Å²) in [6, 6.07) is 0. The molecule has 1 aliphatic rings. The van der Waals surface area contributed by atoms with Gasteiger partial charge in [-0.2, -0.15) is 0 Å². The number of carbonyl (C=O) groups is 1. The van der Waals surface area contributed by atoms with Crippen molar-refractivity contribution in [3.05, 3.63) is 0 Å². The lowest BCUT2D eigenvalue weighted by Crippen LogP contribution is -2.47. The van der Waals surface area contributed by atoms with Crippen LogP contribution in [0.25, 0.3) is 0 Å². The van der Waals surface area contributed by atoms with Crippen molar-refractivity contribution < 1.29 is 14.6 Å². The highest BCUT2D eigenvalue weighted by Crippen LogP contribution is 1.99. The quantitative estimate of drug-likeness (QED) is 0.590. The molecule has 1 amide bonds. The zero-order valence-corrected chi connectivity index (χ0v) is 12.2. The molecule has 112 valence electrons. The van der Waals surface area contributed by atoms with E-state index in [4.69, 9.17) is 4.74 Å². The first-order valence-electron chi connectivity index (χ1n) is 6.87. The van der Waals surface area contributed by atoms with E-state index in [0.717, 1.165) is 26.3 Å². The summed E-state index contributed by atoms with van der Waals surface area (Å²) in [5.41, 5.74) is -0.217. The van der Waals surface area contributed by atoms with Gasteiger partial charge in [-0.3, -0.25) is 9.69 Å². The van der Waals surface area contributed by atoms with Crippen LogP contribution in [0.4, 0.5) is 0 Å². The number of aliphatic hydroxyl groups excluding tert-OH is 1. The van der Waals surface area contributed by atoms with Crippen molar-refractivity contribution in [2.75, 3.05) is 45.9 Å². The highest BCUT2D eigenvalue weighted by atomic mass is 16.5. The van der Waals surface area contributed by atoms with E-state index in [1.807, 2.05) is 20.8 Å². The van der Waals surface area contributed by atoms with Crippen LogP contribution in [-0.4, -0.2) is 73.5 Å². The maximum Gasteiger partial charge on any atom is 0.234 e. The minimum atomic E-state index is -0.458. The Morgan fingerprint density at radius 3 is 2.58 bits per heavy atom. The number of morpholine rings is 1. The summed E-state index contributed by atoms with van der Waals surface area (Å²) in [5, 5.41) is 15.7. The SMILES string of the molecule is CC(C)(C)NC(=O)CNCC(O)CN1CCOCC1. The van der Waals surface area contributed by atoms with E-state index < -0.39 is 6.10 Å². The molecule has 1 atom stereocenters. The summed E-state index contributed by atoms with van der Waals surface area (Å²) >= 11 is 0. The van der Waals surface area contributed by atoms with Gasteiger partial charge in [0, 0.05) is 31.7 Å². The van der Waals surface area contributed by atoms with Crippen molar-refractivity contribution in [2.24, 2.45) is 0 Å². The number of hydrogen-bond donors (Lipinski definition) is 3. The Balaban J connectivity index is 2.09. The molecule has 0 aromatic heterocycles. The summed E-state index contributed by atoms with van der Waals surface area (Å²) in [6.45, 7) is 10.3. The van der Waals surface area contributed by atoms with E-state index in [1.54, 1.807) is 0 Å². The highest BCUT2D eigenvalue weighted by Gasteiger charge is 2.16. The molecule has 1 rings (SSSR count). The molecule has 0 aromatic carbocycles. The molecule has 0 aliphatic carbocycles. The molecule has 1 saturated heterocycles. The van der Waals surface area contributed by atoms with Gasteiger partial charge in [-0.1, -0.05) is 0 Å². The summed E-state index contributed by atoms with van der Waals surface area (Å²) in [4.78, 5) is 13.7. The first-order chi connectivity index (χ1) is 8.87. The third kappa shape index (κ3) is 8.15. The second kappa shape index (κ2) is 7.79. The number of nitrogens with one attached hydrogen (secondary N) is 2. The zero-order valence-electron chi connectivity index (χ0n) is 12.2. The number of carbonyl (C=O) groups excluding carboxylic acids is 1. The predicted octanol–water partition coefficient (Wildman–Crippen LogP) is -0.816. The third-order valence-corrected chi connectivity index (χ3v) is 2.75. The number of amides is 1. The fourth-order valence-electron chi connectivity index (χ4n) is 1.96. The van der Waals surface area contributed by atoms with Gasteiger partial charge in [0.05, 0.1) is 25.9 Å². The monoisotopic (exact) mass is 273 g/mol. The molecule has 0 radical (unpaired) electrons. The van der Waals surface area contributed by atoms with Gasteiger partial charge in [0.1, 0.15) is 0 Å². The smallest absolute Gasteiger partial charge is 0.234 e. The van der Waals surface area contributed by atoms with E-state index in [9.17, 15) is 9.90 Å². The van der Waals surface area contributed by atoms with Crippen LogP contribution in [0.3, 0.4) is 0 Å². The summed E-state index contributed by atoms with van der Waals surface area (Å²) in [7, 11) is 0. The molecule has 0 saturated carbocycles. The van der Waals surface area contributed by atoms with E-state index in [0.29, 0.717) is 13.1 Å². The summed E-state index contributed by atoms with van der Waals surface area (Å²) < 4.78 is 5.25. The molecular weight excluding hydrogens is 246 g/mol. The van der Waals surface area contributed by atoms with E-state index in [-0.39, 0.29) is 18.0 Å². The minimum Gasteiger partial charge on any atom is -0.390 e. The van der Waals surface area contributed by atoms with Gasteiger partial charge in [0.25, 0.3) is 0 Å². The lowest BCUT2D eigenvalue weighted by atomic mass is 10.1. The molecule has 1 heterocycles. The fraction of sp³-hybridized carbons (Fsp3) is 0.923. The van der Waals surface area contributed by atoms with E-state index >= 15 is 0 Å². The lowest BCUT2D eigenvalue weighted by molar-refractivity contribution is -0.121. The molecular formula is C13H27N3O3. The van der Waals surface area contributed by atoms with Gasteiger partial charge in [-0.15, -0.1) is 0 Å². The van der Waals surface area contributed by atoms with Crippen molar-refractivity contribution in [2.45, 2.75) is 32.4 Å². The van der Waals surface area contributed by atoms with Gasteiger partial charge in [-0.05, 0) is 20.8 Å². The van der Waals surface area contributed by atoms with Crippen LogP contribution >= 0.6 is 0 Å². The Morgan fingerprint density at radius 1 is 1.37 bits per heavy atom. The number of β-amino-alcohol motifs (C(OH)–C–C–N with tert-alkyl or cyclic N) is 1. The number of ether oxygens (including phenoxy) is 1. The van der Waals surface area contributed by atoms with Crippen LogP contribution < -0.4 is 10.6 Å². The Labute approximate surface area is 115 Å². The maximum absolute atomic E-state index is 11.5. The molecule has 6 heteroatoms. The molecule has 6 nitrogen and oxygen atoms in total. The Hall–Kier alpha value is -0.690. The van der Waals surface area contributed by atoms with Gasteiger partial charge in [0.2, 0.25) is 5.91 Å². The Kier molecular flexibility index (Phi) is 6.71. The molecule has 0 aromatic rings. The normalized spacial score (nSPS) is 19.2. The number of rotatable bonds is 6. The molecule has 3 N–H and O–H groups in total. The number of hydrogen-bond acceptors (Lipinski definition) is 5. The molecule has 1 aliphatic heterocycles. The van der Waals surface area contributed by atoms with Gasteiger partial charge in [0.15, 0.2) is 0 Å². The molecule has 1 fully saturated rings. The standard InChI is InChI=1S/C13H27N3O3/c1-13(2,3)15-12(18)9-14-8-11(17)10-16-4-6-19-7-5-16/h11,14,17H,4-10H2,1-3H3,(H,15,18). The largest absolute Gasteiger partial charge is 0.390 e. The van der Waals surface area contributed by atoms with E-state index in [2.05, 4.69) is 15.5 Å². The van der Waals surface area contributed by atoms with Crippen LogP contribution in [0.2, 0.25) is 0 Å². The van der Waals surface area contributed by atoms with Gasteiger partial charge in [-0.25, -0.2) is 0 Å². The molecule has 0 spiro atoms. The molecule has 19 heavy (non-hydrogen) atoms. The van der Waals surface area contributed by atoms with Crippen LogP contribution in [0.1, 0.15) is 20.8 Å². The first kappa shape index (κ1) is 16.4. The number of nitrogens with zero attached hydrogens (tertiary/aromatic N) is 1. The number of aliphatic hydroxyl groups is 1. The summed E-state index contributed by atoms with van der Waals surface area (Å²) in [6.07, 6.45) is -0.458. The first-order valence-corrected chi connectivity index (χ1v) is 6.87. The topological polar surface area (TPSA) is 73.8 Å².